The standard InChI is InChI=1S/C24H34/c1-3-5-19-7-11-21(12-8-19)23-15-17-24(18-16-23)22-13-9-20(6-4-2)10-14-22/h11,13,15-20H,3-10,12,14H2,1-2H3. The monoisotopic (exact) mass is 322 g/mol. The lowest BCUT2D eigenvalue weighted by molar-refractivity contribution is 0.445. The number of allylic oxidation sites excluding steroid dienone is 4. The van der Waals surface area contributed by atoms with E-state index in [2.05, 4.69) is 50.3 Å². The lowest BCUT2D eigenvalue weighted by atomic mass is 9.83. The predicted molar refractivity (Wildman–Crippen MR) is 107 cm³/mol. The summed E-state index contributed by atoms with van der Waals surface area (Å²) in [6.07, 6.45) is 18.3. The molecule has 0 saturated carbocycles. The maximum absolute atomic E-state index is 2.51. The van der Waals surface area contributed by atoms with Gasteiger partial charge in [0, 0.05) is 0 Å². The van der Waals surface area contributed by atoms with Crippen LogP contribution in [0.4, 0.5) is 0 Å². The van der Waals surface area contributed by atoms with Gasteiger partial charge in [0.2, 0.25) is 0 Å². The summed E-state index contributed by atoms with van der Waals surface area (Å²) in [5.41, 5.74) is 6.06. The molecular formula is C24H34. The van der Waals surface area contributed by atoms with Crippen LogP contribution in [0.5, 0.6) is 0 Å². The van der Waals surface area contributed by atoms with Crippen molar-refractivity contribution in [1.82, 2.24) is 0 Å². The van der Waals surface area contributed by atoms with Crippen molar-refractivity contribution >= 4 is 11.1 Å². The second-order valence-corrected chi connectivity index (χ2v) is 7.89. The molecule has 1 aromatic carbocycles. The Kier molecular flexibility index (Phi) is 6.35. The van der Waals surface area contributed by atoms with Crippen molar-refractivity contribution in [2.24, 2.45) is 11.8 Å². The Hall–Kier alpha value is -1.30. The molecule has 0 radical (unpaired) electrons. The van der Waals surface area contributed by atoms with Gasteiger partial charge in [-0.2, -0.15) is 0 Å². The fraction of sp³-hybridized carbons (Fsp3) is 0.583. The largest absolute Gasteiger partial charge is 0.0804 e. The van der Waals surface area contributed by atoms with Crippen molar-refractivity contribution in [3.05, 3.63) is 47.5 Å². The fourth-order valence-corrected chi connectivity index (χ4v) is 4.54. The van der Waals surface area contributed by atoms with Crippen molar-refractivity contribution in [3.63, 3.8) is 0 Å². The summed E-state index contributed by atoms with van der Waals surface area (Å²) in [4.78, 5) is 0. The Bertz CT molecular complexity index is 520. The topological polar surface area (TPSA) is 0 Å². The van der Waals surface area contributed by atoms with Gasteiger partial charge in [0.25, 0.3) is 0 Å². The van der Waals surface area contributed by atoms with Gasteiger partial charge in [0.15, 0.2) is 0 Å². The van der Waals surface area contributed by atoms with Crippen LogP contribution in [0.3, 0.4) is 0 Å². The number of hydrogen-bond acceptors (Lipinski definition) is 0. The normalized spacial score (nSPS) is 24.4. The van der Waals surface area contributed by atoms with E-state index in [1.165, 1.54) is 75.3 Å². The van der Waals surface area contributed by atoms with E-state index in [4.69, 9.17) is 0 Å². The smallest absolute Gasteiger partial charge is 0.0227 e. The molecule has 2 unspecified atom stereocenters. The predicted octanol–water partition coefficient (Wildman–Crippen LogP) is 7.65. The first-order chi connectivity index (χ1) is 11.8. The van der Waals surface area contributed by atoms with E-state index >= 15 is 0 Å². The molecule has 0 heteroatoms. The summed E-state index contributed by atoms with van der Waals surface area (Å²) < 4.78 is 0. The first-order valence-electron chi connectivity index (χ1n) is 10.3. The second kappa shape index (κ2) is 8.70. The summed E-state index contributed by atoms with van der Waals surface area (Å²) in [5, 5.41) is 0. The van der Waals surface area contributed by atoms with E-state index in [1.54, 1.807) is 11.1 Å². The van der Waals surface area contributed by atoms with Gasteiger partial charge >= 0.3 is 0 Å². The van der Waals surface area contributed by atoms with Crippen molar-refractivity contribution < 1.29 is 0 Å². The Balaban J connectivity index is 1.62. The first kappa shape index (κ1) is 17.5. The van der Waals surface area contributed by atoms with Gasteiger partial charge in [0.1, 0.15) is 0 Å². The minimum atomic E-state index is 0.932. The van der Waals surface area contributed by atoms with E-state index in [0.29, 0.717) is 0 Å². The lowest BCUT2D eigenvalue weighted by Gasteiger charge is -2.23. The maximum atomic E-state index is 2.51. The first-order valence-corrected chi connectivity index (χ1v) is 10.3. The Labute approximate surface area is 149 Å². The average Bonchev–Trinajstić information content (AvgIpc) is 2.64. The highest BCUT2D eigenvalue weighted by Crippen LogP contribution is 2.35. The van der Waals surface area contributed by atoms with Crippen LogP contribution in [-0.4, -0.2) is 0 Å². The maximum Gasteiger partial charge on any atom is -0.0227 e. The minimum Gasteiger partial charge on any atom is -0.0804 e. The van der Waals surface area contributed by atoms with Crippen molar-refractivity contribution in [1.29, 1.82) is 0 Å². The second-order valence-electron chi connectivity index (χ2n) is 7.89. The molecule has 2 aliphatic carbocycles. The van der Waals surface area contributed by atoms with Gasteiger partial charge < -0.3 is 0 Å². The van der Waals surface area contributed by atoms with Gasteiger partial charge in [0.05, 0.1) is 0 Å². The quantitative estimate of drug-likeness (QED) is 0.504. The van der Waals surface area contributed by atoms with Gasteiger partial charge in [-0.3, -0.25) is 0 Å². The molecule has 0 spiro atoms. The lowest BCUT2D eigenvalue weighted by Crippen LogP contribution is -2.06. The molecule has 0 amide bonds. The molecule has 0 saturated heterocycles. The summed E-state index contributed by atoms with van der Waals surface area (Å²) in [6.45, 7) is 4.62. The molecule has 0 aromatic heterocycles. The third kappa shape index (κ3) is 4.41. The molecule has 24 heavy (non-hydrogen) atoms. The van der Waals surface area contributed by atoms with Gasteiger partial charge in [-0.25, -0.2) is 0 Å². The SMILES string of the molecule is CCCC1CC=C(c2ccc(C3=CCC(CCC)CC3)cc2)CC1. The van der Waals surface area contributed by atoms with E-state index in [9.17, 15) is 0 Å². The molecular weight excluding hydrogens is 288 g/mol. The zero-order valence-electron chi connectivity index (χ0n) is 15.7. The van der Waals surface area contributed by atoms with Crippen molar-refractivity contribution in [2.45, 2.75) is 78.1 Å². The third-order valence-corrected chi connectivity index (χ3v) is 6.06. The van der Waals surface area contributed by atoms with Crippen LogP contribution in [0.1, 0.15) is 89.2 Å². The highest BCUT2D eigenvalue weighted by Gasteiger charge is 2.16. The van der Waals surface area contributed by atoms with Gasteiger partial charge in [-0.15, -0.1) is 0 Å². The van der Waals surface area contributed by atoms with E-state index in [-0.39, 0.29) is 0 Å². The van der Waals surface area contributed by atoms with E-state index in [1.807, 2.05) is 0 Å². The Morgan fingerprint density at radius 3 is 1.42 bits per heavy atom. The summed E-state index contributed by atoms with van der Waals surface area (Å²) in [6, 6.07) is 9.45. The summed E-state index contributed by atoms with van der Waals surface area (Å²) in [5.74, 6) is 1.86. The average molecular weight is 323 g/mol. The Morgan fingerprint density at radius 1 is 0.708 bits per heavy atom. The van der Waals surface area contributed by atoms with Crippen molar-refractivity contribution in [2.75, 3.05) is 0 Å². The van der Waals surface area contributed by atoms with Crippen LogP contribution in [0.25, 0.3) is 11.1 Å². The van der Waals surface area contributed by atoms with Crippen LogP contribution in [-0.2, 0) is 0 Å². The third-order valence-electron chi connectivity index (χ3n) is 6.06. The zero-order chi connectivity index (χ0) is 16.8. The molecule has 3 rings (SSSR count). The highest BCUT2D eigenvalue weighted by molar-refractivity contribution is 5.71. The van der Waals surface area contributed by atoms with Crippen LogP contribution < -0.4 is 0 Å². The van der Waals surface area contributed by atoms with Crippen molar-refractivity contribution in [3.8, 4) is 0 Å². The fourth-order valence-electron chi connectivity index (χ4n) is 4.54. The Morgan fingerprint density at radius 2 is 1.12 bits per heavy atom. The molecule has 2 atom stereocenters. The number of rotatable bonds is 6. The zero-order valence-corrected chi connectivity index (χ0v) is 15.7. The van der Waals surface area contributed by atoms with Crippen LogP contribution >= 0.6 is 0 Å². The molecule has 0 bridgehead atoms. The molecule has 0 aliphatic heterocycles. The van der Waals surface area contributed by atoms with E-state index in [0.717, 1.165) is 11.8 Å². The number of benzene rings is 1. The minimum absolute atomic E-state index is 0.932. The molecule has 130 valence electrons. The number of hydrogen-bond donors (Lipinski definition) is 0. The molecule has 0 N–H and O–H groups in total. The molecule has 2 aliphatic rings. The molecule has 0 fully saturated rings. The van der Waals surface area contributed by atoms with Crippen LogP contribution in [0.15, 0.2) is 36.4 Å². The summed E-state index contributed by atoms with van der Waals surface area (Å²) in [7, 11) is 0. The van der Waals surface area contributed by atoms with Crippen LogP contribution in [0, 0.1) is 11.8 Å². The molecule has 0 nitrogen and oxygen atoms in total. The summed E-state index contributed by atoms with van der Waals surface area (Å²) >= 11 is 0. The molecule has 0 heterocycles. The highest BCUT2D eigenvalue weighted by atomic mass is 14.2. The van der Waals surface area contributed by atoms with Gasteiger partial charge in [-0.1, -0.05) is 75.9 Å². The van der Waals surface area contributed by atoms with E-state index < -0.39 is 0 Å². The van der Waals surface area contributed by atoms with Gasteiger partial charge in [-0.05, 0) is 72.6 Å². The molecule has 1 aromatic rings. The van der Waals surface area contributed by atoms with Crippen LogP contribution in [0.2, 0.25) is 0 Å².